The highest BCUT2D eigenvalue weighted by molar-refractivity contribution is 5.35. The highest BCUT2D eigenvalue weighted by atomic mass is 16.5. The fraction of sp³-hybridized carbons (Fsp3) is 0.412. The van der Waals surface area contributed by atoms with Crippen molar-refractivity contribution in [2.45, 2.75) is 46.7 Å². The van der Waals surface area contributed by atoms with E-state index in [1.807, 2.05) is 31.2 Å². The van der Waals surface area contributed by atoms with Crippen LogP contribution < -0.4 is 10.1 Å². The molecule has 0 atom stereocenters. The van der Waals surface area contributed by atoms with Crippen LogP contribution in [0.1, 0.15) is 37.9 Å². The summed E-state index contributed by atoms with van der Waals surface area (Å²) >= 11 is 0. The first-order valence-electron chi connectivity index (χ1n) is 7.41. The van der Waals surface area contributed by atoms with Crippen molar-refractivity contribution in [3.8, 4) is 11.5 Å². The highest BCUT2D eigenvalue weighted by Crippen LogP contribution is 2.25. The summed E-state index contributed by atoms with van der Waals surface area (Å²) in [5.74, 6) is 1.61. The van der Waals surface area contributed by atoms with Gasteiger partial charge in [0.15, 0.2) is 0 Å². The van der Waals surface area contributed by atoms with E-state index in [2.05, 4.69) is 36.1 Å². The van der Waals surface area contributed by atoms with Gasteiger partial charge in [-0.05, 0) is 31.5 Å². The average Bonchev–Trinajstić information content (AvgIpc) is 2.47. The number of aryl methyl sites for hydroxylation is 2. The molecular formula is C17H23N3O. The van der Waals surface area contributed by atoms with Gasteiger partial charge >= 0.3 is 0 Å². The van der Waals surface area contributed by atoms with Gasteiger partial charge in [-0.25, -0.2) is 0 Å². The van der Waals surface area contributed by atoms with Gasteiger partial charge in [0, 0.05) is 30.5 Å². The third kappa shape index (κ3) is 4.53. The van der Waals surface area contributed by atoms with E-state index in [4.69, 9.17) is 4.74 Å². The lowest BCUT2D eigenvalue weighted by Gasteiger charge is -2.12. The Bertz CT molecular complexity index is 596. The largest absolute Gasteiger partial charge is 0.455 e. The second-order valence-electron chi connectivity index (χ2n) is 5.37. The summed E-state index contributed by atoms with van der Waals surface area (Å²) in [6.07, 6.45) is 2.63. The molecule has 0 spiro atoms. The van der Waals surface area contributed by atoms with Gasteiger partial charge in [0.05, 0.1) is 11.4 Å². The lowest BCUT2D eigenvalue weighted by molar-refractivity contribution is 0.470. The molecule has 0 aliphatic heterocycles. The third-order valence-corrected chi connectivity index (χ3v) is 3.11. The normalized spacial score (nSPS) is 10.9. The minimum Gasteiger partial charge on any atom is -0.455 e. The van der Waals surface area contributed by atoms with Crippen LogP contribution in [0.2, 0.25) is 0 Å². The molecule has 2 aromatic heterocycles. The Morgan fingerprint density at radius 1 is 1.24 bits per heavy atom. The van der Waals surface area contributed by atoms with Crippen molar-refractivity contribution in [2.75, 3.05) is 0 Å². The first kappa shape index (κ1) is 15.4. The number of ether oxygens (including phenoxy) is 1. The van der Waals surface area contributed by atoms with Crippen LogP contribution in [0, 0.1) is 6.92 Å². The maximum atomic E-state index is 5.97. The molecular weight excluding hydrogens is 262 g/mol. The molecule has 1 N–H and O–H groups in total. The Morgan fingerprint density at radius 3 is 2.76 bits per heavy atom. The zero-order valence-corrected chi connectivity index (χ0v) is 13.2. The summed E-state index contributed by atoms with van der Waals surface area (Å²) in [7, 11) is 0. The van der Waals surface area contributed by atoms with Gasteiger partial charge < -0.3 is 10.1 Å². The van der Waals surface area contributed by atoms with Crippen LogP contribution in [-0.2, 0) is 13.0 Å². The molecule has 0 bridgehead atoms. The predicted octanol–water partition coefficient (Wildman–Crippen LogP) is 3.64. The third-order valence-electron chi connectivity index (χ3n) is 3.11. The standard InChI is InChI=1S/C17H23N3O/c1-5-16-17(7-6-13(4)20-16)21-15-8-9-18-14(10-15)11-19-12(2)3/h6-10,12,19H,5,11H2,1-4H3. The lowest BCUT2D eigenvalue weighted by Crippen LogP contribution is -2.22. The maximum absolute atomic E-state index is 5.97. The minimum absolute atomic E-state index is 0.435. The van der Waals surface area contributed by atoms with E-state index in [1.165, 1.54) is 0 Å². The lowest BCUT2D eigenvalue weighted by atomic mass is 10.2. The average molecular weight is 285 g/mol. The first-order valence-corrected chi connectivity index (χ1v) is 7.41. The van der Waals surface area contributed by atoms with Crippen LogP contribution in [0.3, 0.4) is 0 Å². The van der Waals surface area contributed by atoms with Crippen LogP contribution >= 0.6 is 0 Å². The van der Waals surface area contributed by atoms with Crippen LogP contribution in [0.5, 0.6) is 11.5 Å². The summed E-state index contributed by atoms with van der Waals surface area (Å²) in [4.78, 5) is 8.87. The van der Waals surface area contributed by atoms with Crippen molar-refractivity contribution in [3.05, 3.63) is 47.5 Å². The maximum Gasteiger partial charge on any atom is 0.148 e. The molecule has 0 unspecified atom stereocenters. The van der Waals surface area contributed by atoms with Crippen molar-refractivity contribution in [2.24, 2.45) is 0 Å². The molecule has 4 heteroatoms. The second-order valence-corrected chi connectivity index (χ2v) is 5.37. The fourth-order valence-corrected chi connectivity index (χ4v) is 2.00. The van der Waals surface area contributed by atoms with Crippen molar-refractivity contribution in [3.63, 3.8) is 0 Å². The first-order chi connectivity index (χ1) is 10.1. The van der Waals surface area contributed by atoms with Gasteiger partial charge in [0.1, 0.15) is 11.5 Å². The van der Waals surface area contributed by atoms with Crippen molar-refractivity contribution >= 4 is 0 Å². The van der Waals surface area contributed by atoms with E-state index in [0.29, 0.717) is 6.04 Å². The summed E-state index contributed by atoms with van der Waals surface area (Å²) in [5, 5.41) is 3.35. The SMILES string of the molecule is CCc1nc(C)ccc1Oc1ccnc(CNC(C)C)c1. The van der Waals surface area contributed by atoms with E-state index in [0.717, 1.165) is 41.5 Å². The molecule has 0 radical (unpaired) electrons. The van der Waals surface area contributed by atoms with Gasteiger partial charge in [-0.15, -0.1) is 0 Å². The van der Waals surface area contributed by atoms with E-state index in [1.54, 1.807) is 6.20 Å². The topological polar surface area (TPSA) is 47.0 Å². The summed E-state index contributed by atoms with van der Waals surface area (Å²) in [6.45, 7) is 9.05. The molecule has 0 amide bonds. The van der Waals surface area contributed by atoms with Crippen molar-refractivity contribution in [1.29, 1.82) is 0 Å². The van der Waals surface area contributed by atoms with Crippen LogP contribution in [0.4, 0.5) is 0 Å². The zero-order chi connectivity index (χ0) is 15.2. The zero-order valence-electron chi connectivity index (χ0n) is 13.2. The minimum atomic E-state index is 0.435. The summed E-state index contributed by atoms with van der Waals surface area (Å²) in [6, 6.07) is 8.22. The number of aromatic nitrogens is 2. The molecule has 0 saturated heterocycles. The Hall–Kier alpha value is -1.94. The summed E-state index contributed by atoms with van der Waals surface area (Å²) in [5.41, 5.74) is 2.96. The second kappa shape index (κ2) is 7.18. The number of nitrogens with one attached hydrogen (secondary N) is 1. The number of hydrogen-bond donors (Lipinski definition) is 1. The molecule has 2 rings (SSSR count). The molecule has 0 aliphatic carbocycles. The fourth-order valence-electron chi connectivity index (χ4n) is 2.00. The molecule has 112 valence electrons. The Labute approximate surface area is 126 Å². The Morgan fingerprint density at radius 2 is 2.05 bits per heavy atom. The van der Waals surface area contributed by atoms with Gasteiger partial charge in [-0.3, -0.25) is 9.97 Å². The Balaban J connectivity index is 2.14. The van der Waals surface area contributed by atoms with Gasteiger partial charge in [-0.2, -0.15) is 0 Å². The van der Waals surface area contributed by atoms with E-state index in [-0.39, 0.29) is 0 Å². The van der Waals surface area contributed by atoms with Gasteiger partial charge in [0.25, 0.3) is 0 Å². The monoisotopic (exact) mass is 285 g/mol. The van der Waals surface area contributed by atoms with E-state index >= 15 is 0 Å². The molecule has 4 nitrogen and oxygen atoms in total. The summed E-state index contributed by atoms with van der Waals surface area (Å²) < 4.78 is 5.97. The molecule has 21 heavy (non-hydrogen) atoms. The molecule has 0 aliphatic rings. The number of hydrogen-bond acceptors (Lipinski definition) is 4. The van der Waals surface area contributed by atoms with E-state index in [9.17, 15) is 0 Å². The Kier molecular flexibility index (Phi) is 5.28. The van der Waals surface area contributed by atoms with Gasteiger partial charge in [0.2, 0.25) is 0 Å². The number of rotatable bonds is 6. The van der Waals surface area contributed by atoms with Gasteiger partial charge in [-0.1, -0.05) is 20.8 Å². The smallest absolute Gasteiger partial charge is 0.148 e. The van der Waals surface area contributed by atoms with E-state index < -0.39 is 0 Å². The molecule has 2 heterocycles. The van der Waals surface area contributed by atoms with Crippen LogP contribution in [0.25, 0.3) is 0 Å². The van der Waals surface area contributed by atoms with Crippen LogP contribution in [-0.4, -0.2) is 16.0 Å². The molecule has 0 fully saturated rings. The predicted molar refractivity (Wildman–Crippen MR) is 84.6 cm³/mol. The molecule has 0 aromatic carbocycles. The van der Waals surface area contributed by atoms with Crippen LogP contribution in [0.15, 0.2) is 30.5 Å². The van der Waals surface area contributed by atoms with Crippen molar-refractivity contribution in [1.82, 2.24) is 15.3 Å². The molecule has 2 aromatic rings. The quantitative estimate of drug-likeness (QED) is 0.880. The number of nitrogens with zero attached hydrogens (tertiary/aromatic N) is 2. The molecule has 0 saturated carbocycles. The highest BCUT2D eigenvalue weighted by Gasteiger charge is 2.06. The number of pyridine rings is 2. The van der Waals surface area contributed by atoms with Crippen molar-refractivity contribution < 1.29 is 4.74 Å².